The Morgan fingerprint density at radius 3 is 2.29 bits per heavy atom. The summed E-state index contributed by atoms with van der Waals surface area (Å²) in [6.07, 6.45) is -4.35. The minimum Gasteiger partial charge on any atom is -0.294 e. The molecule has 1 aliphatic rings. The van der Waals surface area contributed by atoms with E-state index in [1.165, 1.54) is 17.7 Å². The molecule has 3 aromatic rings. The Bertz CT molecular complexity index is 1040. The number of rotatable bonds is 4. The maximum atomic E-state index is 13.0. The highest BCUT2D eigenvalue weighted by molar-refractivity contribution is 5.65. The first-order valence-electron chi connectivity index (χ1n) is 10.6. The lowest BCUT2D eigenvalue weighted by Crippen LogP contribution is -2.34. The first-order chi connectivity index (χ1) is 14.7. The van der Waals surface area contributed by atoms with Crippen LogP contribution in [0.3, 0.4) is 0 Å². The second-order valence-corrected chi connectivity index (χ2v) is 8.58. The van der Waals surface area contributed by atoms with Gasteiger partial charge < -0.3 is 0 Å². The van der Waals surface area contributed by atoms with E-state index in [0.29, 0.717) is 12.1 Å². The molecule has 162 valence electrons. The number of halogens is 3. The number of hydrogen-bond donors (Lipinski definition) is 0. The Labute approximate surface area is 181 Å². The molecule has 2 aromatic carbocycles. The van der Waals surface area contributed by atoms with E-state index in [9.17, 15) is 13.2 Å². The van der Waals surface area contributed by atoms with Gasteiger partial charge in [0.05, 0.1) is 17.0 Å². The summed E-state index contributed by atoms with van der Waals surface area (Å²) in [6.45, 7) is 8.58. The molecule has 2 heterocycles. The second kappa shape index (κ2) is 8.42. The first-order valence-corrected chi connectivity index (χ1v) is 10.6. The average molecular weight is 425 g/mol. The van der Waals surface area contributed by atoms with Crippen molar-refractivity contribution >= 4 is 0 Å². The largest absolute Gasteiger partial charge is 0.416 e. The fourth-order valence-corrected chi connectivity index (χ4v) is 4.12. The highest BCUT2D eigenvalue weighted by atomic mass is 19.4. The van der Waals surface area contributed by atoms with Gasteiger partial charge in [0.25, 0.3) is 0 Å². The molecule has 0 aliphatic carbocycles. The standard InChI is InChI=1S/C25H26F3N3/c1-16(2)24-29-22-17(3)13-31(14-18-7-5-4-6-8-18)15-21(22)23(30-24)19-9-11-20(12-10-19)25(26,27)28/h4-12,16-17H,13-15H2,1-3H3. The fourth-order valence-electron chi connectivity index (χ4n) is 4.12. The summed E-state index contributed by atoms with van der Waals surface area (Å²) in [5, 5.41) is 0. The van der Waals surface area contributed by atoms with Gasteiger partial charge >= 0.3 is 6.18 Å². The van der Waals surface area contributed by atoms with Crippen LogP contribution < -0.4 is 0 Å². The summed E-state index contributed by atoms with van der Waals surface area (Å²) in [6, 6.07) is 15.6. The van der Waals surface area contributed by atoms with E-state index in [1.807, 2.05) is 32.0 Å². The van der Waals surface area contributed by atoms with Gasteiger partial charge in [0, 0.05) is 42.6 Å². The smallest absolute Gasteiger partial charge is 0.294 e. The van der Waals surface area contributed by atoms with Crippen molar-refractivity contribution in [3.8, 4) is 11.3 Å². The predicted molar refractivity (Wildman–Crippen MR) is 116 cm³/mol. The molecule has 0 saturated heterocycles. The molecule has 3 nitrogen and oxygen atoms in total. The van der Waals surface area contributed by atoms with Crippen molar-refractivity contribution in [2.24, 2.45) is 0 Å². The Kier molecular flexibility index (Phi) is 5.84. The number of benzene rings is 2. The minimum atomic E-state index is -4.35. The zero-order valence-electron chi connectivity index (χ0n) is 17.9. The number of nitrogens with zero attached hydrogens (tertiary/aromatic N) is 3. The molecule has 0 saturated carbocycles. The molecule has 1 aliphatic heterocycles. The van der Waals surface area contributed by atoms with Gasteiger partial charge in [0.2, 0.25) is 0 Å². The van der Waals surface area contributed by atoms with Crippen LogP contribution >= 0.6 is 0 Å². The van der Waals surface area contributed by atoms with E-state index < -0.39 is 11.7 Å². The predicted octanol–water partition coefficient (Wildman–Crippen LogP) is 6.41. The number of fused-ring (bicyclic) bond motifs is 1. The van der Waals surface area contributed by atoms with Crippen LogP contribution in [0.5, 0.6) is 0 Å². The molecule has 1 atom stereocenters. The van der Waals surface area contributed by atoms with Crippen LogP contribution in [-0.4, -0.2) is 21.4 Å². The van der Waals surface area contributed by atoms with Crippen LogP contribution in [0, 0.1) is 0 Å². The molecule has 0 amide bonds. The van der Waals surface area contributed by atoms with Crippen LogP contribution in [0.2, 0.25) is 0 Å². The van der Waals surface area contributed by atoms with Gasteiger partial charge in [-0.05, 0) is 17.7 Å². The van der Waals surface area contributed by atoms with Gasteiger partial charge in [-0.25, -0.2) is 9.97 Å². The third-order valence-electron chi connectivity index (χ3n) is 5.69. The van der Waals surface area contributed by atoms with Crippen LogP contribution in [-0.2, 0) is 19.3 Å². The number of hydrogen-bond acceptors (Lipinski definition) is 3. The van der Waals surface area contributed by atoms with Crippen molar-refractivity contribution in [3.05, 3.63) is 82.8 Å². The second-order valence-electron chi connectivity index (χ2n) is 8.58. The Hall–Kier alpha value is -2.73. The summed E-state index contributed by atoms with van der Waals surface area (Å²) < 4.78 is 39.1. The Morgan fingerprint density at radius 1 is 1.00 bits per heavy atom. The van der Waals surface area contributed by atoms with Crippen LogP contribution in [0.4, 0.5) is 13.2 Å². The molecule has 1 unspecified atom stereocenters. The lowest BCUT2D eigenvalue weighted by Gasteiger charge is -2.34. The minimum absolute atomic E-state index is 0.132. The van der Waals surface area contributed by atoms with E-state index >= 15 is 0 Å². The quantitative estimate of drug-likeness (QED) is 0.484. The third kappa shape index (κ3) is 4.64. The molecule has 1 aromatic heterocycles. The summed E-state index contributed by atoms with van der Waals surface area (Å²) in [5.41, 5.74) is 4.04. The highest BCUT2D eigenvalue weighted by Crippen LogP contribution is 2.36. The monoisotopic (exact) mass is 425 g/mol. The van der Waals surface area contributed by atoms with Gasteiger partial charge in [0.15, 0.2) is 0 Å². The number of alkyl halides is 3. The Balaban J connectivity index is 1.75. The lowest BCUT2D eigenvalue weighted by atomic mass is 9.92. The van der Waals surface area contributed by atoms with Gasteiger partial charge in [-0.15, -0.1) is 0 Å². The van der Waals surface area contributed by atoms with Crippen molar-refractivity contribution in [1.82, 2.24) is 14.9 Å². The third-order valence-corrected chi connectivity index (χ3v) is 5.69. The molecule has 6 heteroatoms. The van der Waals surface area contributed by atoms with Crippen molar-refractivity contribution < 1.29 is 13.2 Å². The van der Waals surface area contributed by atoms with E-state index in [-0.39, 0.29) is 11.8 Å². The average Bonchev–Trinajstić information content (AvgIpc) is 2.73. The molecule has 0 fully saturated rings. The highest BCUT2D eigenvalue weighted by Gasteiger charge is 2.31. The summed E-state index contributed by atoms with van der Waals surface area (Å²) in [7, 11) is 0. The number of aromatic nitrogens is 2. The van der Waals surface area contributed by atoms with Crippen LogP contribution in [0.1, 0.15) is 60.8 Å². The zero-order chi connectivity index (χ0) is 22.2. The molecule has 0 N–H and O–H groups in total. The topological polar surface area (TPSA) is 29.0 Å². The lowest BCUT2D eigenvalue weighted by molar-refractivity contribution is -0.137. The maximum absolute atomic E-state index is 13.0. The van der Waals surface area contributed by atoms with E-state index in [1.54, 1.807) is 0 Å². The molecular formula is C25H26F3N3. The maximum Gasteiger partial charge on any atom is 0.416 e. The van der Waals surface area contributed by atoms with Crippen LogP contribution in [0.25, 0.3) is 11.3 Å². The van der Waals surface area contributed by atoms with Crippen molar-refractivity contribution in [2.45, 2.75) is 51.9 Å². The summed E-state index contributed by atoms with van der Waals surface area (Å²) >= 11 is 0. The van der Waals surface area contributed by atoms with Gasteiger partial charge in [-0.2, -0.15) is 13.2 Å². The van der Waals surface area contributed by atoms with E-state index in [2.05, 4.69) is 24.0 Å². The van der Waals surface area contributed by atoms with E-state index in [4.69, 9.17) is 9.97 Å². The molecule has 0 bridgehead atoms. The molecular weight excluding hydrogens is 399 g/mol. The van der Waals surface area contributed by atoms with E-state index in [0.717, 1.165) is 48.0 Å². The Morgan fingerprint density at radius 2 is 1.68 bits per heavy atom. The van der Waals surface area contributed by atoms with Gasteiger partial charge in [-0.1, -0.05) is 63.2 Å². The fraction of sp³-hybridized carbons (Fsp3) is 0.360. The van der Waals surface area contributed by atoms with Crippen LogP contribution in [0.15, 0.2) is 54.6 Å². The normalized spacial score (nSPS) is 17.1. The van der Waals surface area contributed by atoms with Gasteiger partial charge in [0.1, 0.15) is 5.82 Å². The first kappa shape index (κ1) is 21.5. The molecule has 0 spiro atoms. The zero-order valence-corrected chi connectivity index (χ0v) is 17.9. The van der Waals surface area contributed by atoms with Crippen molar-refractivity contribution in [3.63, 3.8) is 0 Å². The SMILES string of the molecule is CC(C)c1nc(-c2ccc(C(F)(F)F)cc2)c2c(n1)C(C)CN(Cc1ccccc1)C2. The summed E-state index contributed by atoms with van der Waals surface area (Å²) in [4.78, 5) is 12.0. The van der Waals surface area contributed by atoms with Crippen molar-refractivity contribution in [1.29, 1.82) is 0 Å². The molecule has 0 radical (unpaired) electrons. The molecule has 4 rings (SSSR count). The summed E-state index contributed by atoms with van der Waals surface area (Å²) in [5.74, 6) is 1.08. The van der Waals surface area contributed by atoms with Gasteiger partial charge in [-0.3, -0.25) is 4.90 Å². The molecule has 31 heavy (non-hydrogen) atoms. The van der Waals surface area contributed by atoms with Crippen molar-refractivity contribution in [2.75, 3.05) is 6.54 Å².